The van der Waals surface area contributed by atoms with Gasteiger partial charge in [0.2, 0.25) is 0 Å². The minimum Gasteiger partial charge on any atom is -0.379 e. The highest BCUT2D eigenvalue weighted by Crippen LogP contribution is 2.13. The molecule has 1 fully saturated rings. The quantitative estimate of drug-likeness (QED) is 0.826. The van der Waals surface area contributed by atoms with Crippen LogP contribution in [0.4, 0.5) is 0 Å². The fourth-order valence-electron chi connectivity index (χ4n) is 2.72. The summed E-state index contributed by atoms with van der Waals surface area (Å²) in [6.45, 7) is 10.3. The van der Waals surface area contributed by atoms with Crippen molar-refractivity contribution in [2.75, 3.05) is 32.8 Å². The SMILES string of the molecule is CC(C)CC(CNCc1ccccn1)N1CCOCC1. The van der Waals surface area contributed by atoms with Gasteiger partial charge in [-0.2, -0.15) is 0 Å². The van der Waals surface area contributed by atoms with Crippen molar-refractivity contribution >= 4 is 0 Å². The van der Waals surface area contributed by atoms with E-state index in [1.165, 1.54) is 6.42 Å². The fraction of sp³-hybridized carbons (Fsp3) is 0.688. The molecule has 1 aromatic rings. The molecular formula is C16H27N3O. The van der Waals surface area contributed by atoms with Crippen LogP contribution in [0.2, 0.25) is 0 Å². The molecule has 4 heteroatoms. The molecule has 2 rings (SSSR count). The normalized spacial score (nSPS) is 18.4. The van der Waals surface area contributed by atoms with Crippen LogP contribution in [0.1, 0.15) is 26.0 Å². The second kappa shape index (κ2) is 8.35. The number of hydrogen-bond acceptors (Lipinski definition) is 4. The largest absolute Gasteiger partial charge is 0.379 e. The Balaban J connectivity index is 1.80. The van der Waals surface area contributed by atoms with Gasteiger partial charge in [-0.05, 0) is 24.5 Å². The van der Waals surface area contributed by atoms with Crippen LogP contribution in [0, 0.1) is 5.92 Å². The molecule has 1 aliphatic heterocycles. The van der Waals surface area contributed by atoms with Gasteiger partial charge in [0.05, 0.1) is 18.9 Å². The van der Waals surface area contributed by atoms with Gasteiger partial charge in [0.15, 0.2) is 0 Å². The standard InChI is InChI=1S/C16H27N3O/c1-14(2)11-16(19-7-9-20-10-8-19)13-17-12-15-5-3-4-6-18-15/h3-6,14,16-17H,7-13H2,1-2H3. The number of pyridine rings is 1. The summed E-state index contributed by atoms with van der Waals surface area (Å²) < 4.78 is 5.46. The molecular weight excluding hydrogens is 250 g/mol. The number of morpholine rings is 1. The van der Waals surface area contributed by atoms with Crippen molar-refractivity contribution in [3.05, 3.63) is 30.1 Å². The number of ether oxygens (including phenoxy) is 1. The Bertz CT molecular complexity index is 363. The molecule has 112 valence electrons. The third-order valence-electron chi connectivity index (χ3n) is 3.72. The molecule has 0 spiro atoms. The zero-order valence-corrected chi connectivity index (χ0v) is 12.7. The van der Waals surface area contributed by atoms with Crippen LogP contribution in [0.15, 0.2) is 24.4 Å². The molecule has 0 aromatic carbocycles. The van der Waals surface area contributed by atoms with Gasteiger partial charge in [0.1, 0.15) is 0 Å². The van der Waals surface area contributed by atoms with E-state index in [-0.39, 0.29) is 0 Å². The predicted molar refractivity (Wildman–Crippen MR) is 81.6 cm³/mol. The van der Waals surface area contributed by atoms with Gasteiger partial charge in [-0.3, -0.25) is 9.88 Å². The first kappa shape index (κ1) is 15.4. The van der Waals surface area contributed by atoms with Crippen LogP contribution in [0.3, 0.4) is 0 Å². The van der Waals surface area contributed by atoms with Crippen molar-refractivity contribution in [2.24, 2.45) is 5.92 Å². The van der Waals surface area contributed by atoms with Crippen molar-refractivity contribution in [3.8, 4) is 0 Å². The maximum Gasteiger partial charge on any atom is 0.0594 e. The van der Waals surface area contributed by atoms with E-state index in [1.807, 2.05) is 18.3 Å². The Morgan fingerprint density at radius 2 is 2.10 bits per heavy atom. The Labute approximate surface area is 122 Å². The molecule has 0 saturated carbocycles. The molecule has 1 atom stereocenters. The van der Waals surface area contributed by atoms with E-state index in [0.29, 0.717) is 6.04 Å². The molecule has 0 aliphatic carbocycles. The van der Waals surface area contributed by atoms with Crippen molar-refractivity contribution in [3.63, 3.8) is 0 Å². The Hall–Kier alpha value is -0.970. The number of hydrogen-bond donors (Lipinski definition) is 1. The van der Waals surface area contributed by atoms with E-state index in [1.54, 1.807) is 0 Å². The van der Waals surface area contributed by atoms with Crippen molar-refractivity contribution in [1.29, 1.82) is 0 Å². The van der Waals surface area contributed by atoms with Crippen molar-refractivity contribution in [1.82, 2.24) is 15.2 Å². The molecule has 1 aliphatic rings. The summed E-state index contributed by atoms with van der Waals surface area (Å²) in [6.07, 6.45) is 3.08. The summed E-state index contributed by atoms with van der Waals surface area (Å²) in [7, 11) is 0. The minimum absolute atomic E-state index is 0.600. The molecule has 1 aromatic heterocycles. The Morgan fingerprint density at radius 3 is 2.75 bits per heavy atom. The monoisotopic (exact) mass is 277 g/mol. The maximum atomic E-state index is 5.46. The molecule has 1 N–H and O–H groups in total. The number of nitrogens with zero attached hydrogens (tertiary/aromatic N) is 2. The predicted octanol–water partition coefficient (Wildman–Crippen LogP) is 1.92. The summed E-state index contributed by atoms with van der Waals surface area (Å²) in [6, 6.07) is 6.66. The van der Waals surface area contributed by atoms with E-state index in [9.17, 15) is 0 Å². The lowest BCUT2D eigenvalue weighted by Gasteiger charge is -2.35. The first-order valence-corrected chi connectivity index (χ1v) is 7.68. The van der Waals surface area contributed by atoms with Gasteiger partial charge in [-0.1, -0.05) is 19.9 Å². The smallest absolute Gasteiger partial charge is 0.0594 e. The van der Waals surface area contributed by atoms with Gasteiger partial charge in [-0.25, -0.2) is 0 Å². The zero-order valence-electron chi connectivity index (χ0n) is 12.7. The molecule has 1 saturated heterocycles. The van der Waals surface area contributed by atoms with Crippen LogP contribution < -0.4 is 5.32 Å². The van der Waals surface area contributed by atoms with Crippen LogP contribution >= 0.6 is 0 Å². The molecule has 2 heterocycles. The molecule has 1 unspecified atom stereocenters. The third-order valence-corrected chi connectivity index (χ3v) is 3.72. The van der Waals surface area contributed by atoms with E-state index >= 15 is 0 Å². The number of aromatic nitrogens is 1. The third kappa shape index (κ3) is 5.19. The molecule has 4 nitrogen and oxygen atoms in total. The van der Waals surface area contributed by atoms with Gasteiger partial charge in [0, 0.05) is 38.4 Å². The fourth-order valence-corrected chi connectivity index (χ4v) is 2.72. The maximum absolute atomic E-state index is 5.46. The summed E-state index contributed by atoms with van der Waals surface area (Å²) in [5, 5.41) is 3.56. The van der Waals surface area contributed by atoms with Crippen molar-refractivity contribution < 1.29 is 4.74 Å². The van der Waals surface area contributed by atoms with Crippen LogP contribution in [0.25, 0.3) is 0 Å². The lowest BCUT2D eigenvalue weighted by molar-refractivity contribution is 0.0123. The number of nitrogens with one attached hydrogen (secondary N) is 1. The van der Waals surface area contributed by atoms with Gasteiger partial charge in [0.25, 0.3) is 0 Å². The summed E-state index contributed by atoms with van der Waals surface area (Å²) in [5.41, 5.74) is 1.11. The molecule has 20 heavy (non-hydrogen) atoms. The van der Waals surface area contributed by atoms with Crippen LogP contribution in [0.5, 0.6) is 0 Å². The average molecular weight is 277 g/mol. The molecule has 0 amide bonds. The van der Waals surface area contributed by atoms with Gasteiger partial charge in [-0.15, -0.1) is 0 Å². The second-order valence-corrected chi connectivity index (χ2v) is 5.88. The van der Waals surface area contributed by atoms with Crippen LogP contribution in [-0.2, 0) is 11.3 Å². The highest BCUT2D eigenvalue weighted by atomic mass is 16.5. The number of rotatable bonds is 7. The van der Waals surface area contributed by atoms with E-state index < -0.39 is 0 Å². The summed E-state index contributed by atoms with van der Waals surface area (Å²) >= 11 is 0. The van der Waals surface area contributed by atoms with E-state index in [4.69, 9.17) is 4.74 Å². The Kier molecular flexibility index (Phi) is 6.43. The molecule has 0 bridgehead atoms. The Morgan fingerprint density at radius 1 is 1.30 bits per heavy atom. The highest BCUT2D eigenvalue weighted by molar-refractivity contribution is 5.02. The lowest BCUT2D eigenvalue weighted by Crippen LogP contribution is -2.48. The van der Waals surface area contributed by atoms with E-state index in [2.05, 4.69) is 35.1 Å². The lowest BCUT2D eigenvalue weighted by atomic mass is 10.0. The topological polar surface area (TPSA) is 37.4 Å². The first-order valence-electron chi connectivity index (χ1n) is 7.68. The van der Waals surface area contributed by atoms with E-state index in [0.717, 1.165) is 51.0 Å². The van der Waals surface area contributed by atoms with Crippen molar-refractivity contribution in [2.45, 2.75) is 32.9 Å². The average Bonchev–Trinajstić information content (AvgIpc) is 2.48. The minimum atomic E-state index is 0.600. The highest BCUT2D eigenvalue weighted by Gasteiger charge is 2.21. The zero-order chi connectivity index (χ0) is 14.2. The van der Waals surface area contributed by atoms with Crippen LogP contribution in [-0.4, -0.2) is 48.8 Å². The van der Waals surface area contributed by atoms with Gasteiger partial charge < -0.3 is 10.1 Å². The molecule has 0 radical (unpaired) electrons. The van der Waals surface area contributed by atoms with Gasteiger partial charge >= 0.3 is 0 Å². The second-order valence-electron chi connectivity index (χ2n) is 5.88. The first-order chi connectivity index (χ1) is 9.75. The summed E-state index contributed by atoms with van der Waals surface area (Å²) in [4.78, 5) is 6.92. The summed E-state index contributed by atoms with van der Waals surface area (Å²) in [5.74, 6) is 0.722.